The summed E-state index contributed by atoms with van der Waals surface area (Å²) >= 11 is 0. The van der Waals surface area contributed by atoms with Crippen molar-refractivity contribution in [3.8, 4) is 11.5 Å². The molecule has 0 aliphatic heterocycles. The van der Waals surface area contributed by atoms with Crippen molar-refractivity contribution in [2.24, 2.45) is 0 Å². The molecule has 30 heavy (non-hydrogen) atoms. The SMILES string of the molecule is CC(=O)c1ccc(OCCCC(=O)Nc2cccc(OCc3ccncc3)c2)cc1. The van der Waals surface area contributed by atoms with Gasteiger partial charge >= 0.3 is 0 Å². The highest BCUT2D eigenvalue weighted by Crippen LogP contribution is 2.19. The van der Waals surface area contributed by atoms with Crippen LogP contribution in [0, 0.1) is 0 Å². The van der Waals surface area contributed by atoms with Crippen molar-refractivity contribution in [3.63, 3.8) is 0 Å². The van der Waals surface area contributed by atoms with Crippen LogP contribution in [0.5, 0.6) is 11.5 Å². The molecule has 1 amide bonds. The summed E-state index contributed by atoms with van der Waals surface area (Å²) in [6.45, 7) is 2.38. The maximum Gasteiger partial charge on any atom is 0.224 e. The number of nitrogens with zero attached hydrogens (tertiary/aromatic N) is 1. The third-order valence-corrected chi connectivity index (χ3v) is 4.35. The van der Waals surface area contributed by atoms with Gasteiger partial charge in [0, 0.05) is 36.1 Å². The summed E-state index contributed by atoms with van der Waals surface area (Å²) in [5, 5.41) is 2.88. The Hall–Kier alpha value is -3.67. The monoisotopic (exact) mass is 404 g/mol. The van der Waals surface area contributed by atoms with Crippen LogP contribution in [0.1, 0.15) is 35.7 Å². The van der Waals surface area contributed by atoms with E-state index in [9.17, 15) is 9.59 Å². The fourth-order valence-electron chi connectivity index (χ4n) is 2.74. The second-order valence-electron chi connectivity index (χ2n) is 6.75. The lowest BCUT2D eigenvalue weighted by molar-refractivity contribution is -0.116. The Morgan fingerprint density at radius 1 is 0.933 bits per heavy atom. The summed E-state index contributed by atoms with van der Waals surface area (Å²) in [5.41, 5.74) is 2.36. The van der Waals surface area contributed by atoms with Gasteiger partial charge in [-0.25, -0.2) is 0 Å². The molecule has 0 unspecified atom stereocenters. The van der Waals surface area contributed by atoms with Crippen molar-refractivity contribution in [1.82, 2.24) is 4.98 Å². The number of carbonyl (C=O) groups is 2. The molecule has 2 aromatic carbocycles. The standard InChI is InChI=1S/C24H24N2O4/c1-18(27)20-7-9-22(10-8-20)29-15-3-6-24(28)26-21-4-2-5-23(16-21)30-17-19-11-13-25-14-12-19/h2,4-5,7-14,16H,3,6,15,17H2,1H3,(H,26,28). The van der Waals surface area contributed by atoms with Crippen molar-refractivity contribution in [2.45, 2.75) is 26.4 Å². The number of anilines is 1. The number of carbonyl (C=O) groups excluding carboxylic acids is 2. The summed E-state index contributed by atoms with van der Waals surface area (Å²) in [6.07, 6.45) is 4.37. The quantitative estimate of drug-likeness (QED) is 0.393. The van der Waals surface area contributed by atoms with Crippen molar-refractivity contribution in [3.05, 3.63) is 84.2 Å². The lowest BCUT2D eigenvalue weighted by Gasteiger charge is -2.10. The summed E-state index contributed by atoms with van der Waals surface area (Å²) in [7, 11) is 0. The molecule has 0 spiro atoms. The van der Waals surface area contributed by atoms with E-state index in [1.165, 1.54) is 6.92 Å². The first-order valence-electron chi connectivity index (χ1n) is 9.75. The third kappa shape index (κ3) is 6.74. The molecule has 1 N–H and O–H groups in total. The largest absolute Gasteiger partial charge is 0.494 e. The van der Waals surface area contributed by atoms with Crippen LogP contribution >= 0.6 is 0 Å². The zero-order chi connectivity index (χ0) is 21.2. The van der Waals surface area contributed by atoms with E-state index in [0.717, 1.165) is 5.56 Å². The molecule has 154 valence electrons. The molecule has 0 saturated carbocycles. The van der Waals surface area contributed by atoms with Gasteiger partial charge in [0.25, 0.3) is 0 Å². The Morgan fingerprint density at radius 3 is 2.43 bits per heavy atom. The van der Waals surface area contributed by atoms with Crippen molar-refractivity contribution >= 4 is 17.4 Å². The number of ketones is 1. The fourth-order valence-corrected chi connectivity index (χ4v) is 2.74. The highest BCUT2D eigenvalue weighted by Gasteiger charge is 2.05. The molecule has 0 saturated heterocycles. The predicted molar refractivity (Wildman–Crippen MR) is 115 cm³/mol. The number of amides is 1. The topological polar surface area (TPSA) is 77.5 Å². The Labute approximate surface area is 175 Å². The second-order valence-corrected chi connectivity index (χ2v) is 6.75. The van der Waals surface area contributed by atoms with Gasteiger partial charge in [-0.15, -0.1) is 0 Å². The maximum absolute atomic E-state index is 12.2. The highest BCUT2D eigenvalue weighted by atomic mass is 16.5. The number of hydrogen-bond donors (Lipinski definition) is 1. The summed E-state index contributed by atoms with van der Waals surface area (Å²) < 4.78 is 11.4. The van der Waals surface area contributed by atoms with E-state index < -0.39 is 0 Å². The van der Waals surface area contributed by atoms with Gasteiger partial charge in [0.2, 0.25) is 5.91 Å². The fraction of sp³-hybridized carbons (Fsp3) is 0.208. The zero-order valence-corrected chi connectivity index (χ0v) is 16.8. The lowest BCUT2D eigenvalue weighted by atomic mass is 10.1. The van der Waals surface area contributed by atoms with E-state index in [4.69, 9.17) is 9.47 Å². The van der Waals surface area contributed by atoms with E-state index in [-0.39, 0.29) is 11.7 Å². The van der Waals surface area contributed by atoms with Crippen LogP contribution in [0.3, 0.4) is 0 Å². The van der Waals surface area contributed by atoms with Gasteiger partial charge in [0.15, 0.2) is 5.78 Å². The zero-order valence-electron chi connectivity index (χ0n) is 16.8. The average Bonchev–Trinajstić information content (AvgIpc) is 2.76. The number of pyridine rings is 1. The molecule has 3 rings (SSSR count). The van der Waals surface area contributed by atoms with E-state index in [2.05, 4.69) is 10.3 Å². The maximum atomic E-state index is 12.2. The van der Waals surface area contributed by atoms with Crippen molar-refractivity contribution in [2.75, 3.05) is 11.9 Å². The lowest BCUT2D eigenvalue weighted by Crippen LogP contribution is -2.13. The molecule has 1 aromatic heterocycles. The molecular formula is C24H24N2O4. The molecule has 6 nitrogen and oxygen atoms in total. The van der Waals surface area contributed by atoms with Crippen LogP contribution in [0.2, 0.25) is 0 Å². The Morgan fingerprint density at radius 2 is 1.70 bits per heavy atom. The minimum Gasteiger partial charge on any atom is -0.494 e. The first-order valence-corrected chi connectivity index (χ1v) is 9.75. The summed E-state index contributed by atoms with van der Waals surface area (Å²) in [4.78, 5) is 27.4. The van der Waals surface area contributed by atoms with Gasteiger partial charge in [-0.2, -0.15) is 0 Å². The third-order valence-electron chi connectivity index (χ3n) is 4.35. The first kappa shape index (κ1) is 21.0. The Bertz CT molecular complexity index is 972. The van der Waals surface area contributed by atoms with Crippen molar-refractivity contribution < 1.29 is 19.1 Å². The molecule has 3 aromatic rings. The van der Waals surface area contributed by atoms with Crippen LogP contribution in [0.4, 0.5) is 5.69 Å². The number of ether oxygens (including phenoxy) is 2. The molecular weight excluding hydrogens is 380 g/mol. The number of Topliss-reactive ketones (excluding diaryl/α,β-unsaturated/α-hetero) is 1. The molecule has 0 fully saturated rings. The van der Waals surface area contributed by atoms with Gasteiger partial charge in [-0.05, 0) is 67.4 Å². The number of aromatic nitrogens is 1. The molecule has 0 bridgehead atoms. The number of hydrogen-bond acceptors (Lipinski definition) is 5. The number of benzene rings is 2. The van der Waals surface area contributed by atoms with E-state index in [1.54, 1.807) is 42.7 Å². The molecule has 1 heterocycles. The van der Waals surface area contributed by atoms with Gasteiger partial charge < -0.3 is 14.8 Å². The Balaban J connectivity index is 1.39. The number of nitrogens with one attached hydrogen (secondary N) is 1. The van der Waals surface area contributed by atoms with Gasteiger partial charge in [-0.1, -0.05) is 6.07 Å². The van der Waals surface area contributed by atoms with E-state index in [1.807, 2.05) is 30.3 Å². The second kappa shape index (κ2) is 10.8. The molecule has 0 aliphatic rings. The highest BCUT2D eigenvalue weighted by molar-refractivity contribution is 5.94. The minimum atomic E-state index is -0.0863. The Kier molecular flexibility index (Phi) is 7.55. The van der Waals surface area contributed by atoms with Crippen LogP contribution in [0.15, 0.2) is 73.1 Å². The minimum absolute atomic E-state index is 0.0186. The van der Waals surface area contributed by atoms with Crippen LogP contribution in [0.25, 0.3) is 0 Å². The molecule has 0 radical (unpaired) electrons. The average molecular weight is 404 g/mol. The predicted octanol–water partition coefficient (Wildman–Crippen LogP) is 4.66. The summed E-state index contributed by atoms with van der Waals surface area (Å²) in [6, 6.07) is 18.1. The molecule has 6 heteroatoms. The van der Waals surface area contributed by atoms with Crippen LogP contribution in [-0.2, 0) is 11.4 Å². The smallest absolute Gasteiger partial charge is 0.224 e. The van der Waals surface area contributed by atoms with Gasteiger partial charge in [0.1, 0.15) is 18.1 Å². The summed E-state index contributed by atoms with van der Waals surface area (Å²) in [5.74, 6) is 1.29. The molecule has 0 atom stereocenters. The van der Waals surface area contributed by atoms with Gasteiger partial charge in [0.05, 0.1) is 6.61 Å². The van der Waals surface area contributed by atoms with E-state index in [0.29, 0.717) is 48.8 Å². The number of rotatable bonds is 10. The molecule has 0 aliphatic carbocycles. The van der Waals surface area contributed by atoms with Gasteiger partial charge in [-0.3, -0.25) is 14.6 Å². The van der Waals surface area contributed by atoms with Crippen LogP contribution < -0.4 is 14.8 Å². The van der Waals surface area contributed by atoms with Crippen LogP contribution in [-0.4, -0.2) is 23.3 Å². The normalized spacial score (nSPS) is 10.3. The van der Waals surface area contributed by atoms with E-state index >= 15 is 0 Å². The first-order chi connectivity index (χ1) is 14.6. The van der Waals surface area contributed by atoms with Crippen molar-refractivity contribution in [1.29, 1.82) is 0 Å².